The van der Waals surface area contributed by atoms with Crippen molar-refractivity contribution < 1.29 is 0 Å². The van der Waals surface area contributed by atoms with Crippen LogP contribution in [-0.2, 0) is 0 Å². The van der Waals surface area contributed by atoms with Crippen molar-refractivity contribution >= 4 is 17.1 Å². The molecule has 0 spiro atoms. The minimum Gasteiger partial charge on any atom is -0.0894 e. The third kappa shape index (κ3) is 5.14. The van der Waals surface area contributed by atoms with Crippen molar-refractivity contribution in [3.63, 3.8) is 0 Å². The van der Waals surface area contributed by atoms with Crippen LogP contribution in [0.15, 0.2) is 11.6 Å². The molecule has 0 rings (SSSR count). The van der Waals surface area contributed by atoms with Crippen LogP contribution in [0.3, 0.4) is 0 Å². The molecule has 0 saturated heterocycles. The van der Waals surface area contributed by atoms with E-state index in [1.54, 1.807) is 0 Å². The molecule has 0 atom stereocenters. The van der Waals surface area contributed by atoms with Gasteiger partial charge in [-0.1, -0.05) is 37.7 Å². The van der Waals surface area contributed by atoms with Gasteiger partial charge in [0, 0.05) is 0 Å². The van der Waals surface area contributed by atoms with E-state index in [4.69, 9.17) is 12.2 Å². The molecular weight excluding hydrogens is 152 g/mol. The summed E-state index contributed by atoms with van der Waals surface area (Å²) in [6.07, 6.45) is 4.36. The Morgan fingerprint density at radius 3 is 2.27 bits per heavy atom. The molecule has 0 nitrogen and oxygen atoms in total. The lowest BCUT2D eigenvalue weighted by molar-refractivity contribution is 0.854. The molecule has 0 aliphatic carbocycles. The number of thiocarbonyl (C=S) groups is 1. The SMILES string of the molecule is CC=C(C)CCC(=S)C(C)C. The van der Waals surface area contributed by atoms with Crippen LogP contribution >= 0.6 is 12.2 Å². The quantitative estimate of drug-likeness (QED) is 0.457. The molecule has 0 aromatic carbocycles. The van der Waals surface area contributed by atoms with Crippen molar-refractivity contribution in [2.75, 3.05) is 0 Å². The van der Waals surface area contributed by atoms with E-state index in [-0.39, 0.29) is 0 Å². The molecule has 0 unspecified atom stereocenters. The Hall–Kier alpha value is -0.170. The van der Waals surface area contributed by atoms with Crippen molar-refractivity contribution in [3.05, 3.63) is 11.6 Å². The lowest BCUT2D eigenvalue weighted by Gasteiger charge is -2.06. The molecular formula is C10H18S. The highest BCUT2D eigenvalue weighted by Gasteiger charge is 2.01. The van der Waals surface area contributed by atoms with Crippen molar-refractivity contribution in [3.8, 4) is 0 Å². The van der Waals surface area contributed by atoms with Gasteiger partial charge in [-0.05, 0) is 37.5 Å². The van der Waals surface area contributed by atoms with Gasteiger partial charge in [0.2, 0.25) is 0 Å². The summed E-state index contributed by atoms with van der Waals surface area (Å²) in [7, 11) is 0. The largest absolute Gasteiger partial charge is 0.0894 e. The van der Waals surface area contributed by atoms with Crippen molar-refractivity contribution in [1.29, 1.82) is 0 Å². The number of hydrogen-bond donors (Lipinski definition) is 0. The maximum absolute atomic E-state index is 5.22. The fourth-order valence-electron chi connectivity index (χ4n) is 0.753. The Morgan fingerprint density at radius 1 is 1.36 bits per heavy atom. The molecule has 11 heavy (non-hydrogen) atoms. The van der Waals surface area contributed by atoms with Crippen molar-refractivity contribution in [1.82, 2.24) is 0 Å². The molecule has 0 heterocycles. The topological polar surface area (TPSA) is 0 Å². The average molecular weight is 170 g/mol. The van der Waals surface area contributed by atoms with Gasteiger partial charge in [-0.25, -0.2) is 0 Å². The van der Waals surface area contributed by atoms with Crippen LogP contribution in [0.5, 0.6) is 0 Å². The summed E-state index contributed by atoms with van der Waals surface area (Å²) in [6.45, 7) is 8.55. The smallest absolute Gasteiger partial charge is 0.00429 e. The first-order chi connectivity index (χ1) is 5.07. The maximum atomic E-state index is 5.22. The highest BCUT2D eigenvalue weighted by atomic mass is 32.1. The predicted molar refractivity (Wildman–Crippen MR) is 56.1 cm³/mol. The van der Waals surface area contributed by atoms with Gasteiger partial charge in [0.05, 0.1) is 0 Å². The normalized spacial score (nSPS) is 12.3. The summed E-state index contributed by atoms with van der Waals surface area (Å²) in [5.41, 5.74) is 1.44. The average Bonchev–Trinajstić information content (AvgIpc) is 1.99. The van der Waals surface area contributed by atoms with Gasteiger partial charge in [-0.15, -0.1) is 0 Å². The minimum absolute atomic E-state index is 0.564. The molecule has 0 fully saturated rings. The zero-order valence-corrected chi connectivity index (χ0v) is 8.79. The second kappa shape index (κ2) is 5.48. The molecule has 0 aromatic rings. The fraction of sp³-hybridized carbons (Fsp3) is 0.700. The third-order valence-electron chi connectivity index (χ3n) is 1.90. The van der Waals surface area contributed by atoms with Crippen LogP contribution in [0, 0.1) is 5.92 Å². The van der Waals surface area contributed by atoms with E-state index < -0.39 is 0 Å². The maximum Gasteiger partial charge on any atom is -0.00429 e. The molecule has 0 saturated carbocycles. The minimum atomic E-state index is 0.564. The Kier molecular flexibility index (Phi) is 5.39. The third-order valence-corrected chi connectivity index (χ3v) is 2.58. The number of hydrogen-bond acceptors (Lipinski definition) is 1. The highest BCUT2D eigenvalue weighted by Crippen LogP contribution is 2.09. The van der Waals surface area contributed by atoms with Crippen molar-refractivity contribution in [2.24, 2.45) is 5.92 Å². The first kappa shape index (κ1) is 10.8. The summed E-state index contributed by atoms with van der Waals surface area (Å²) >= 11 is 5.22. The first-order valence-electron chi connectivity index (χ1n) is 4.22. The predicted octanol–water partition coefficient (Wildman–Crippen LogP) is 3.76. The molecule has 0 aliphatic heterocycles. The summed E-state index contributed by atoms with van der Waals surface area (Å²) in [6, 6.07) is 0. The zero-order valence-electron chi connectivity index (χ0n) is 7.98. The monoisotopic (exact) mass is 170 g/mol. The van der Waals surface area contributed by atoms with E-state index in [2.05, 4.69) is 33.8 Å². The summed E-state index contributed by atoms with van der Waals surface area (Å²) in [5.74, 6) is 0.564. The summed E-state index contributed by atoms with van der Waals surface area (Å²) in [4.78, 5) is 1.20. The molecule has 1 heteroatoms. The van der Waals surface area contributed by atoms with Crippen LogP contribution < -0.4 is 0 Å². The molecule has 0 amide bonds. The molecule has 0 N–H and O–H groups in total. The van der Waals surface area contributed by atoms with E-state index in [0.717, 1.165) is 12.8 Å². The fourth-order valence-corrected chi connectivity index (χ4v) is 0.855. The first-order valence-corrected chi connectivity index (χ1v) is 4.63. The Morgan fingerprint density at radius 2 is 1.91 bits per heavy atom. The Balaban J connectivity index is 3.63. The van der Waals surface area contributed by atoms with Crippen LogP contribution in [-0.4, -0.2) is 4.86 Å². The van der Waals surface area contributed by atoms with E-state index in [0.29, 0.717) is 5.92 Å². The van der Waals surface area contributed by atoms with Crippen LogP contribution in [0.4, 0.5) is 0 Å². The lowest BCUT2D eigenvalue weighted by atomic mass is 10.0. The van der Waals surface area contributed by atoms with E-state index >= 15 is 0 Å². The van der Waals surface area contributed by atoms with Gasteiger partial charge < -0.3 is 0 Å². The van der Waals surface area contributed by atoms with E-state index in [1.807, 2.05) is 0 Å². The second-order valence-corrected chi connectivity index (χ2v) is 3.78. The summed E-state index contributed by atoms with van der Waals surface area (Å²) in [5, 5.41) is 0. The highest BCUT2D eigenvalue weighted by molar-refractivity contribution is 7.80. The van der Waals surface area contributed by atoms with Crippen molar-refractivity contribution in [2.45, 2.75) is 40.5 Å². The summed E-state index contributed by atoms with van der Waals surface area (Å²) < 4.78 is 0. The number of rotatable bonds is 4. The molecule has 0 radical (unpaired) electrons. The van der Waals surface area contributed by atoms with Crippen LogP contribution in [0.2, 0.25) is 0 Å². The molecule has 0 aromatic heterocycles. The van der Waals surface area contributed by atoms with Gasteiger partial charge in [-0.3, -0.25) is 0 Å². The van der Waals surface area contributed by atoms with Crippen LogP contribution in [0.25, 0.3) is 0 Å². The molecule has 64 valence electrons. The molecule has 0 aliphatic rings. The standard InChI is InChI=1S/C10H18S/c1-5-9(4)6-7-10(11)8(2)3/h5,8H,6-7H2,1-4H3. The van der Waals surface area contributed by atoms with Gasteiger partial charge in [0.1, 0.15) is 0 Å². The Bertz CT molecular complexity index is 154. The van der Waals surface area contributed by atoms with Gasteiger partial charge in [0.15, 0.2) is 0 Å². The Labute approximate surface area is 75.7 Å². The van der Waals surface area contributed by atoms with Gasteiger partial charge in [0.25, 0.3) is 0 Å². The lowest BCUT2D eigenvalue weighted by Crippen LogP contribution is -2.03. The van der Waals surface area contributed by atoms with Gasteiger partial charge in [-0.2, -0.15) is 0 Å². The van der Waals surface area contributed by atoms with E-state index in [1.165, 1.54) is 10.4 Å². The van der Waals surface area contributed by atoms with Gasteiger partial charge >= 0.3 is 0 Å². The van der Waals surface area contributed by atoms with E-state index in [9.17, 15) is 0 Å². The second-order valence-electron chi connectivity index (χ2n) is 3.26. The van der Waals surface area contributed by atoms with Crippen LogP contribution in [0.1, 0.15) is 40.5 Å². The zero-order chi connectivity index (χ0) is 8.85. The number of allylic oxidation sites excluding steroid dienone is 2. The molecule has 0 bridgehead atoms.